The summed E-state index contributed by atoms with van der Waals surface area (Å²) in [6.07, 6.45) is 6.11. The quantitative estimate of drug-likeness (QED) is 0.303. The zero-order chi connectivity index (χ0) is 24.6. The molecule has 0 fully saturated rings. The second kappa shape index (κ2) is 8.98. The van der Waals surface area contributed by atoms with Crippen LogP contribution in [0.25, 0.3) is 56.0 Å². The average molecular weight is 494 g/mol. The number of ketones is 1. The molecule has 0 spiro atoms. The number of pyridine rings is 3. The number of imidazole rings is 1. The predicted octanol–water partition coefficient (Wildman–Crippen LogP) is 5.80. The Morgan fingerprint density at radius 3 is 2.64 bits per heavy atom. The fraction of sp³-hybridized carbons (Fsp3) is 0.111. The fourth-order valence-corrected chi connectivity index (χ4v) is 4.38. The van der Waals surface area contributed by atoms with Crippen molar-refractivity contribution < 1.29 is 4.79 Å². The molecular weight excluding hydrogens is 474 g/mol. The lowest BCUT2D eigenvalue weighted by Gasteiger charge is -2.04. The first-order valence-corrected chi connectivity index (χ1v) is 11.9. The van der Waals surface area contributed by atoms with Gasteiger partial charge in [0.2, 0.25) is 0 Å². The number of carbonyl (C=O) groups is 1. The summed E-state index contributed by atoms with van der Waals surface area (Å²) in [5, 5.41) is 8.91. The number of aromatic nitrogens is 7. The topological polar surface area (TPSA) is 113 Å². The van der Waals surface area contributed by atoms with E-state index in [-0.39, 0.29) is 5.78 Å². The summed E-state index contributed by atoms with van der Waals surface area (Å²) in [6, 6.07) is 15.5. The van der Waals surface area contributed by atoms with Gasteiger partial charge in [-0.15, -0.1) is 0 Å². The molecule has 0 saturated heterocycles. The highest BCUT2D eigenvalue weighted by atomic mass is 35.5. The molecule has 1 aromatic carbocycles. The number of hydrogen-bond acceptors (Lipinski definition) is 6. The standard InChI is InChI=1S/C27H20ClN7O/c1-2-20(36)12-19-7-6-16(13-30-19)17-11-22-24(34-35-25(22)31-14-17)27-32-23-21(8-9-29-26(23)33-27)15-4-3-5-18(28)10-15/h3-11,13-14H,2,12H2,1H3,(H,29,32,33)(H,31,34,35). The van der Waals surface area contributed by atoms with Crippen molar-refractivity contribution in [1.82, 2.24) is 35.1 Å². The highest BCUT2D eigenvalue weighted by molar-refractivity contribution is 6.30. The summed E-state index contributed by atoms with van der Waals surface area (Å²) < 4.78 is 0. The van der Waals surface area contributed by atoms with Crippen LogP contribution in [0.5, 0.6) is 0 Å². The number of fused-ring (bicyclic) bond motifs is 2. The molecule has 0 atom stereocenters. The molecule has 5 heterocycles. The lowest BCUT2D eigenvalue weighted by molar-refractivity contribution is -0.118. The maximum atomic E-state index is 11.7. The van der Waals surface area contributed by atoms with Crippen molar-refractivity contribution in [2.24, 2.45) is 0 Å². The van der Waals surface area contributed by atoms with Gasteiger partial charge in [-0.2, -0.15) is 5.10 Å². The smallest absolute Gasteiger partial charge is 0.181 e. The monoisotopic (exact) mass is 493 g/mol. The minimum atomic E-state index is 0.167. The van der Waals surface area contributed by atoms with E-state index >= 15 is 0 Å². The number of H-pyrrole nitrogens is 2. The number of nitrogens with zero attached hydrogens (tertiary/aromatic N) is 5. The van der Waals surface area contributed by atoms with Gasteiger partial charge < -0.3 is 4.98 Å². The molecule has 6 rings (SSSR count). The van der Waals surface area contributed by atoms with Crippen LogP contribution in [-0.2, 0) is 11.2 Å². The molecule has 9 heteroatoms. The van der Waals surface area contributed by atoms with Gasteiger partial charge in [-0.05, 0) is 35.9 Å². The predicted molar refractivity (Wildman–Crippen MR) is 139 cm³/mol. The molecule has 0 amide bonds. The number of halogens is 1. The van der Waals surface area contributed by atoms with E-state index in [0.717, 1.165) is 38.9 Å². The third-order valence-electron chi connectivity index (χ3n) is 6.10. The zero-order valence-corrected chi connectivity index (χ0v) is 20.0. The van der Waals surface area contributed by atoms with E-state index in [9.17, 15) is 4.79 Å². The van der Waals surface area contributed by atoms with Crippen molar-refractivity contribution in [3.8, 4) is 33.8 Å². The number of benzene rings is 1. The number of nitrogens with one attached hydrogen (secondary N) is 2. The summed E-state index contributed by atoms with van der Waals surface area (Å²) in [4.78, 5) is 33.3. The number of rotatable bonds is 6. The Bertz CT molecular complexity index is 1740. The van der Waals surface area contributed by atoms with Gasteiger partial charge in [0.1, 0.15) is 11.5 Å². The van der Waals surface area contributed by atoms with E-state index in [1.165, 1.54) is 0 Å². The first kappa shape index (κ1) is 22.1. The van der Waals surface area contributed by atoms with Gasteiger partial charge in [-0.3, -0.25) is 14.9 Å². The molecule has 5 aromatic heterocycles. The van der Waals surface area contributed by atoms with E-state index in [2.05, 4.69) is 30.1 Å². The van der Waals surface area contributed by atoms with Crippen molar-refractivity contribution in [2.45, 2.75) is 19.8 Å². The summed E-state index contributed by atoms with van der Waals surface area (Å²) in [5.74, 6) is 0.778. The van der Waals surface area contributed by atoms with E-state index < -0.39 is 0 Å². The lowest BCUT2D eigenvalue weighted by atomic mass is 10.1. The Morgan fingerprint density at radius 2 is 1.83 bits per heavy atom. The molecule has 2 N–H and O–H groups in total. The summed E-state index contributed by atoms with van der Waals surface area (Å²) in [5.41, 5.74) is 7.17. The van der Waals surface area contributed by atoms with E-state index in [1.54, 1.807) is 18.6 Å². The van der Waals surface area contributed by atoms with Gasteiger partial charge >= 0.3 is 0 Å². The van der Waals surface area contributed by atoms with Crippen LogP contribution in [0.1, 0.15) is 19.0 Å². The van der Waals surface area contributed by atoms with Gasteiger partial charge in [0.25, 0.3) is 0 Å². The first-order chi connectivity index (χ1) is 17.6. The largest absolute Gasteiger partial charge is 0.335 e. The molecule has 0 aliphatic carbocycles. The second-order valence-corrected chi connectivity index (χ2v) is 8.89. The van der Waals surface area contributed by atoms with Gasteiger partial charge in [-0.1, -0.05) is 36.7 Å². The second-order valence-electron chi connectivity index (χ2n) is 8.45. The highest BCUT2D eigenvalue weighted by Gasteiger charge is 2.17. The van der Waals surface area contributed by atoms with Crippen LogP contribution in [0.4, 0.5) is 0 Å². The summed E-state index contributed by atoms with van der Waals surface area (Å²) in [7, 11) is 0. The molecule has 0 unspecified atom stereocenters. The molecule has 0 saturated carbocycles. The third-order valence-corrected chi connectivity index (χ3v) is 6.34. The molecule has 0 aliphatic heterocycles. The van der Waals surface area contributed by atoms with Crippen molar-refractivity contribution >= 4 is 39.6 Å². The van der Waals surface area contributed by atoms with Crippen LogP contribution < -0.4 is 0 Å². The van der Waals surface area contributed by atoms with Crippen LogP contribution in [0.15, 0.2) is 67.1 Å². The zero-order valence-electron chi connectivity index (χ0n) is 19.3. The molecule has 0 aliphatic rings. The van der Waals surface area contributed by atoms with Crippen LogP contribution >= 0.6 is 11.6 Å². The Balaban J connectivity index is 1.40. The maximum Gasteiger partial charge on any atom is 0.181 e. The van der Waals surface area contributed by atoms with Gasteiger partial charge in [0, 0.05) is 58.8 Å². The van der Waals surface area contributed by atoms with Crippen molar-refractivity contribution in [3.63, 3.8) is 0 Å². The van der Waals surface area contributed by atoms with E-state index in [0.29, 0.717) is 40.7 Å². The van der Waals surface area contributed by atoms with Gasteiger partial charge in [-0.25, -0.2) is 15.0 Å². The van der Waals surface area contributed by atoms with Crippen LogP contribution in [-0.4, -0.2) is 40.9 Å². The molecule has 8 nitrogen and oxygen atoms in total. The first-order valence-electron chi connectivity index (χ1n) is 11.5. The van der Waals surface area contributed by atoms with Crippen molar-refractivity contribution in [3.05, 3.63) is 77.8 Å². The molecular formula is C27H20ClN7O. The SMILES string of the molecule is CCC(=O)Cc1ccc(-c2cnc3n[nH]c(-c4nc5nccc(-c6cccc(Cl)c6)c5[nH]4)c3c2)cn1. The van der Waals surface area contributed by atoms with Gasteiger partial charge in [0.05, 0.1) is 10.9 Å². The molecule has 0 bridgehead atoms. The number of aromatic amines is 2. The third kappa shape index (κ3) is 4.01. The fourth-order valence-electron chi connectivity index (χ4n) is 4.19. The highest BCUT2D eigenvalue weighted by Crippen LogP contribution is 2.32. The van der Waals surface area contributed by atoms with Crippen LogP contribution in [0, 0.1) is 0 Å². The van der Waals surface area contributed by atoms with Gasteiger partial charge in [0.15, 0.2) is 17.1 Å². The number of Topliss-reactive ketones (excluding diaryl/α,β-unsaturated/α-hetero) is 1. The molecule has 6 aromatic rings. The van der Waals surface area contributed by atoms with Crippen molar-refractivity contribution in [2.75, 3.05) is 0 Å². The Labute approximate surface area is 210 Å². The Kier molecular flexibility index (Phi) is 5.50. The Hall–Kier alpha value is -4.43. The number of carbonyl (C=O) groups excluding carboxylic acids is 1. The molecule has 36 heavy (non-hydrogen) atoms. The normalized spacial score (nSPS) is 11.4. The minimum absolute atomic E-state index is 0.167. The van der Waals surface area contributed by atoms with Crippen LogP contribution in [0.3, 0.4) is 0 Å². The lowest BCUT2D eigenvalue weighted by Crippen LogP contribution is -2.02. The molecule has 0 radical (unpaired) electrons. The van der Waals surface area contributed by atoms with Crippen molar-refractivity contribution in [1.29, 1.82) is 0 Å². The number of hydrogen-bond donors (Lipinski definition) is 2. The minimum Gasteiger partial charge on any atom is -0.335 e. The molecule has 176 valence electrons. The average Bonchev–Trinajstić information content (AvgIpc) is 3.52. The maximum absolute atomic E-state index is 11.7. The summed E-state index contributed by atoms with van der Waals surface area (Å²) >= 11 is 6.22. The summed E-state index contributed by atoms with van der Waals surface area (Å²) in [6.45, 7) is 1.86. The van der Waals surface area contributed by atoms with E-state index in [1.807, 2.05) is 55.5 Å². The van der Waals surface area contributed by atoms with Crippen LogP contribution in [0.2, 0.25) is 5.02 Å². The van der Waals surface area contributed by atoms with E-state index in [4.69, 9.17) is 16.6 Å². The Morgan fingerprint density at radius 1 is 0.944 bits per heavy atom.